The van der Waals surface area contributed by atoms with E-state index in [2.05, 4.69) is 48.4 Å². The highest BCUT2D eigenvalue weighted by Gasteiger charge is 2.16. The van der Waals surface area contributed by atoms with Crippen molar-refractivity contribution in [2.75, 3.05) is 12.8 Å². The second kappa shape index (κ2) is 5.85. The number of nitrogens with one attached hydrogen (secondary N) is 1. The van der Waals surface area contributed by atoms with Crippen molar-refractivity contribution in [3.8, 4) is 0 Å². The third-order valence-electron chi connectivity index (χ3n) is 3.62. The van der Waals surface area contributed by atoms with Crippen LogP contribution in [0, 0.1) is 13.8 Å². The molecule has 0 aliphatic carbocycles. The summed E-state index contributed by atoms with van der Waals surface area (Å²) in [6.07, 6.45) is 2.68. The fourth-order valence-electron chi connectivity index (χ4n) is 2.45. The second-order valence-electron chi connectivity index (χ2n) is 4.90. The Kier molecular flexibility index (Phi) is 4.17. The molecule has 1 heterocycles. The first-order valence-electron chi connectivity index (χ1n) is 6.56. The molecular weight excluding hydrogens is 234 g/mol. The van der Waals surface area contributed by atoms with Crippen LogP contribution in [0.1, 0.15) is 28.3 Å². The largest absolute Gasteiger partial charge is 0.383 e. The van der Waals surface area contributed by atoms with Crippen LogP contribution in [0.3, 0.4) is 0 Å². The summed E-state index contributed by atoms with van der Waals surface area (Å²) in [7, 11) is 1.97. The van der Waals surface area contributed by atoms with E-state index in [1.807, 2.05) is 13.1 Å². The van der Waals surface area contributed by atoms with Gasteiger partial charge in [-0.05, 0) is 50.1 Å². The predicted molar refractivity (Wildman–Crippen MR) is 80.1 cm³/mol. The van der Waals surface area contributed by atoms with Gasteiger partial charge in [0, 0.05) is 17.8 Å². The molecule has 1 aromatic carbocycles. The lowest BCUT2D eigenvalue weighted by Crippen LogP contribution is -2.22. The predicted octanol–water partition coefficient (Wildman–Crippen LogP) is 2.78. The summed E-state index contributed by atoms with van der Waals surface area (Å²) in [5, 5.41) is 3.36. The molecule has 0 radical (unpaired) electrons. The van der Waals surface area contributed by atoms with Crippen molar-refractivity contribution in [3.05, 3.63) is 58.8 Å². The first kappa shape index (κ1) is 13.6. The van der Waals surface area contributed by atoms with Crippen LogP contribution in [0.25, 0.3) is 0 Å². The number of hydrogen-bond donors (Lipinski definition) is 2. The number of nitrogens with zero attached hydrogens (tertiary/aromatic N) is 1. The fraction of sp³-hybridized carbons (Fsp3) is 0.312. The van der Waals surface area contributed by atoms with Crippen molar-refractivity contribution in [3.63, 3.8) is 0 Å². The number of rotatable bonds is 4. The first-order valence-corrected chi connectivity index (χ1v) is 6.56. The summed E-state index contributed by atoms with van der Waals surface area (Å²) in [5.41, 5.74) is 11.0. The quantitative estimate of drug-likeness (QED) is 0.883. The summed E-state index contributed by atoms with van der Waals surface area (Å²) in [4.78, 5) is 4.21. The Bertz CT molecular complexity index is 543. The Balaban J connectivity index is 2.34. The topological polar surface area (TPSA) is 50.9 Å². The Labute approximate surface area is 114 Å². The van der Waals surface area contributed by atoms with Crippen molar-refractivity contribution in [2.45, 2.75) is 26.3 Å². The smallest absolute Gasteiger partial charge is 0.128 e. The van der Waals surface area contributed by atoms with Crippen molar-refractivity contribution in [1.82, 2.24) is 10.3 Å². The summed E-state index contributed by atoms with van der Waals surface area (Å²) in [6.45, 7) is 4.22. The number of likely N-dealkylation sites (N-methyl/N-ethyl adjacent to an activating group) is 1. The molecule has 1 atom stereocenters. The average Bonchev–Trinajstić information content (AvgIpc) is 2.39. The maximum Gasteiger partial charge on any atom is 0.128 e. The zero-order valence-corrected chi connectivity index (χ0v) is 11.8. The van der Waals surface area contributed by atoms with E-state index in [0.29, 0.717) is 5.82 Å². The van der Waals surface area contributed by atoms with Gasteiger partial charge in [-0.2, -0.15) is 0 Å². The molecule has 0 amide bonds. The molecule has 3 N–H and O–H groups in total. The van der Waals surface area contributed by atoms with Gasteiger partial charge in [-0.1, -0.05) is 24.3 Å². The van der Waals surface area contributed by atoms with E-state index in [-0.39, 0.29) is 6.04 Å². The number of aromatic nitrogens is 1. The van der Waals surface area contributed by atoms with Gasteiger partial charge in [-0.15, -0.1) is 0 Å². The molecule has 0 fully saturated rings. The molecule has 0 aliphatic heterocycles. The molecule has 2 aromatic rings. The molecule has 0 aliphatic rings. The number of benzene rings is 1. The Morgan fingerprint density at radius 3 is 2.53 bits per heavy atom. The van der Waals surface area contributed by atoms with Crippen molar-refractivity contribution < 1.29 is 0 Å². The van der Waals surface area contributed by atoms with Crippen LogP contribution in [0.15, 0.2) is 36.5 Å². The molecule has 1 unspecified atom stereocenters. The summed E-state index contributed by atoms with van der Waals surface area (Å²) < 4.78 is 0. The zero-order chi connectivity index (χ0) is 13.8. The van der Waals surface area contributed by atoms with E-state index in [9.17, 15) is 0 Å². The molecule has 0 saturated heterocycles. The third kappa shape index (κ3) is 2.93. The number of hydrogen-bond acceptors (Lipinski definition) is 3. The van der Waals surface area contributed by atoms with E-state index in [0.717, 1.165) is 12.0 Å². The molecule has 0 bridgehead atoms. The molecule has 0 spiro atoms. The van der Waals surface area contributed by atoms with Crippen LogP contribution in [0.4, 0.5) is 5.82 Å². The van der Waals surface area contributed by atoms with Crippen LogP contribution in [-0.2, 0) is 6.42 Å². The van der Waals surface area contributed by atoms with E-state index in [1.165, 1.54) is 16.7 Å². The van der Waals surface area contributed by atoms with E-state index < -0.39 is 0 Å². The van der Waals surface area contributed by atoms with Gasteiger partial charge in [0.2, 0.25) is 0 Å². The molecule has 0 saturated carbocycles. The minimum atomic E-state index is 0.190. The monoisotopic (exact) mass is 255 g/mol. The average molecular weight is 255 g/mol. The van der Waals surface area contributed by atoms with Crippen LogP contribution >= 0.6 is 0 Å². The van der Waals surface area contributed by atoms with Crippen molar-refractivity contribution in [1.29, 1.82) is 0 Å². The Morgan fingerprint density at radius 1 is 1.16 bits per heavy atom. The molecular formula is C16H21N3. The number of anilines is 1. The Hall–Kier alpha value is -1.87. The lowest BCUT2D eigenvalue weighted by Gasteiger charge is -2.21. The SMILES string of the molecule is CNC(Cc1ccccc1C)c1c(C)ccnc1N. The number of aryl methyl sites for hydroxylation is 2. The third-order valence-corrected chi connectivity index (χ3v) is 3.62. The van der Waals surface area contributed by atoms with Gasteiger partial charge in [-0.25, -0.2) is 4.98 Å². The van der Waals surface area contributed by atoms with E-state index >= 15 is 0 Å². The molecule has 100 valence electrons. The number of pyridine rings is 1. The highest BCUT2D eigenvalue weighted by atomic mass is 14.9. The summed E-state index contributed by atoms with van der Waals surface area (Å²) in [5.74, 6) is 0.618. The van der Waals surface area contributed by atoms with Gasteiger partial charge in [-0.3, -0.25) is 0 Å². The molecule has 3 heteroatoms. The van der Waals surface area contributed by atoms with Crippen LogP contribution in [0.2, 0.25) is 0 Å². The molecule has 2 rings (SSSR count). The summed E-state index contributed by atoms with van der Waals surface area (Å²) in [6, 6.07) is 10.7. The van der Waals surface area contributed by atoms with Crippen molar-refractivity contribution in [2.24, 2.45) is 0 Å². The van der Waals surface area contributed by atoms with Crippen molar-refractivity contribution >= 4 is 5.82 Å². The van der Waals surface area contributed by atoms with Gasteiger partial charge in [0.15, 0.2) is 0 Å². The zero-order valence-electron chi connectivity index (χ0n) is 11.8. The van der Waals surface area contributed by atoms with Gasteiger partial charge in [0.25, 0.3) is 0 Å². The maximum atomic E-state index is 6.04. The number of nitrogen functional groups attached to an aromatic ring is 1. The lowest BCUT2D eigenvalue weighted by atomic mass is 9.94. The molecule has 1 aromatic heterocycles. The maximum absolute atomic E-state index is 6.04. The highest BCUT2D eigenvalue weighted by Crippen LogP contribution is 2.26. The highest BCUT2D eigenvalue weighted by molar-refractivity contribution is 5.47. The minimum Gasteiger partial charge on any atom is -0.383 e. The second-order valence-corrected chi connectivity index (χ2v) is 4.90. The molecule has 19 heavy (non-hydrogen) atoms. The normalized spacial score (nSPS) is 12.4. The van der Waals surface area contributed by atoms with Crippen LogP contribution in [-0.4, -0.2) is 12.0 Å². The van der Waals surface area contributed by atoms with Gasteiger partial charge in [0.1, 0.15) is 5.82 Å². The van der Waals surface area contributed by atoms with Gasteiger partial charge < -0.3 is 11.1 Å². The lowest BCUT2D eigenvalue weighted by molar-refractivity contribution is 0.587. The van der Waals surface area contributed by atoms with E-state index in [4.69, 9.17) is 5.73 Å². The molecule has 3 nitrogen and oxygen atoms in total. The van der Waals surface area contributed by atoms with Crippen LogP contribution in [0.5, 0.6) is 0 Å². The summed E-state index contributed by atoms with van der Waals surface area (Å²) >= 11 is 0. The van der Waals surface area contributed by atoms with E-state index in [1.54, 1.807) is 6.20 Å². The first-order chi connectivity index (χ1) is 9.13. The minimum absolute atomic E-state index is 0.190. The van der Waals surface area contributed by atoms with Gasteiger partial charge >= 0.3 is 0 Å². The number of nitrogens with two attached hydrogens (primary N) is 1. The fourth-order valence-corrected chi connectivity index (χ4v) is 2.45. The standard InChI is InChI=1S/C16H21N3/c1-11-6-4-5-7-13(11)10-14(18-3)15-12(2)8-9-19-16(15)17/h4-9,14,18H,10H2,1-3H3,(H2,17,19). The van der Waals surface area contributed by atoms with Crippen LogP contribution < -0.4 is 11.1 Å². The Morgan fingerprint density at radius 2 is 1.89 bits per heavy atom. The van der Waals surface area contributed by atoms with Gasteiger partial charge in [0.05, 0.1) is 0 Å².